The van der Waals surface area contributed by atoms with E-state index in [0.717, 1.165) is 11.4 Å². The highest BCUT2D eigenvalue weighted by Crippen LogP contribution is 2.02. The minimum absolute atomic E-state index is 0. The fourth-order valence-electron chi connectivity index (χ4n) is 0.497. The number of aryl methyl sites for hydroxylation is 1. The van der Waals surface area contributed by atoms with Gasteiger partial charge in [0.2, 0.25) is 0 Å². The van der Waals surface area contributed by atoms with Crippen LogP contribution in [0.25, 0.3) is 0 Å². The van der Waals surface area contributed by atoms with E-state index in [2.05, 4.69) is 4.98 Å². The Kier molecular flexibility index (Phi) is 2.67. The van der Waals surface area contributed by atoms with Gasteiger partial charge in [0.05, 0.1) is 11.4 Å². The fraction of sp³-hybridized carbons (Fsp3) is 0.167. The Balaban J connectivity index is 0.000000640. The van der Waals surface area contributed by atoms with E-state index in [-0.39, 0.29) is 6.15 Å². The summed E-state index contributed by atoms with van der Waals surface area (Å²) in [6.45, 7) is 1.88. The molecule has 0 atom stereocenters. The van der Waals surface area contributed by atoms with Crippen LogP contribution in [0.2, 0.25) is 0 Å². The Morgan fingerprint density at radius 3 is 2.56 bits per heavy atom. The van der Waals surface area contributed by atoms with Crippen LogP contribution in [0.4, 0.5) is 5.69 Å². The van der Waals surface area contributed by atoms with E-state index in [1.54, 1.807) is 6.20 Å². The van der Waals surface area contributed by atoms with Crippen LogP contribution >= 0.6 is 0 Å². The Hall–Kier alpha value is -1.09. The van der Waals surface area contributed by atoms with Crippen molar-refractivity contribution in [3.63, 3.8) is 0 Å². The SMILES string of the molecule is Cc1ncccc1N.N. The minimum atomic E-state index is 0. The van der Waals surface area contributed by atoms with Crippen LogP contribution in [0.3, 0.4) is 0 Å². The molecule has 0 amide bonds. The summed E-state index contributed by atoms with van der Waals surface area (Å²) in [5, 5.41) is 0. The third-order valence-electron chi connectivity index (χ3n) is 1.05. The second kappa shape index (κ2) is 3.04. The number of hydrogen-bond donors (Lipinski definition) is 2. The van der Waals surface area contributed by atoms with E-state index in [1.807, 2.05) is 19.1 Å². The highest BCUT2D eigenvalue weighted by atomic mass is 14.7. The molecule has 0 aliphatic rings. The first kappa shape index (κ1) is 7.91. The lowest BCUT2D eigenvalue weighted by Gasteiger charge is -1.92. The summed E-state index contributed by atoms with van der Waals surface area (Å²) in [6, 6.07) is 3.66. The largest absolute Gasteiger partial charge is 0.397 e. The van der Waals surface area contributed by atoms with Crippen molar-refractivity contribution in [3.05, 3.63) is 24.0 Å². The van der Waals surface area contributed by atoms with Crippen LogP contribution in [0, 0.1) is 6.92 Å². The number of anilines is 1. The van der Waals surface area contributed by atoms with Gasteiger partial charge in [-0.1, -0.05) is 0 Å². The highest BCUT2D eigenvalue weighted by Gasteiger charge is 1.86. The van der Waals surface area contributed by atoms with Gasteiger partial charge in [-0.15, -0.1) is 0 Å². The molecule has 1 aromatic rings. The van der Waals surface area contributed by atoms with E-state index < -0.39 is 0 Å². The number of nitrogens with zero attached hydrogens (tertiary/aromatic N) is 1. The van der Waals surface area contributed by atoms with Crippen LogP contribution in [0.1, 0.15) is 5.69 Å². The molecule has 0 unspecified atom stereocenters. The highest BCUT2D eigenvalue weighted by molar-refractivity contribution is 5.40. The molecule has 1 rings (SSSR count). The summed E-state index contributed by atoms with van der Waals surface area (Å²) in [5.41, 5.74) is 7.11. The van der Waals surface area contributed by atoms with Gasteiger partial charge >= 0.3 is 0 Å². The quantitative estimate of drug-likeness (QED) is 0.546. The summed E-state index contributed by atoms with van der Waals surface area (Å²) in [5.74, 6) is 0. The topological polar surface area (TPSA) is 73.9 Å². The molecule has 0 aliphatic carbocycles. The maximum absolute atomic E-state index is 5.46. The van der Waals surface area contributed by atoms with Gasteiger partial charge in [0, 0.05) is 6.20 Å². The Morgan fingerprint density at radius 1 is 1.56 bits per heavy atom. The van der Waals surface area contributed by atoms with Crippen molar-refractivity contribution in [3.8, 4) is 0 Å². The number of aromatic nitrogens is 1. The first-order valence-corrected chi connectivity index (χ1v) is 2.48. The van der Waals surface area contributed by atoms with Crippen molar-refractivity contribution in [2.75, 3.05) is 5.73 Å². The maximum Gasteiger partial charge on any atom is 0.0601 e. The molecule has 1 aromatic heterocycles. The minimum Gasteiger partial charge on any atom is -0.397 e. The molecule has 0 saturated heterocycles. The monoisotopic (exact) mass is 125 g/mol. The van der Waals surface area contributed by atoms with Crippen LogP contribution in [0.15, 0.2) is 18.3 Å². The zero-order valence-corrected chi connectivity index (χ0v) is 5.46. The Morgan fingerprint density at radius 2 is 2.22 bits per heavy atom. The standard InChI is InChI=1S/C6H8N2.H3N/c1-5-6(7)3-2-4-8-5;/h2-4H,7H2,1H3;1H3. The number of rotatable bonds is 0. The lowest BCUT2D eigenvalue weighted by Crippen LogP contribution is -1.89. The molecule has 0 saturated carbocycles. The average Bonchev–Trinajstić information content (AvgIpc) is 1.77. The van der Waals surface area contributed by atoms with Crippen molar-refractivity contribution in [2.45, 2.75) is 6.92 Å². The van der Waals surface area contributed by atoms with E-state index in [0.29, 0.717) is 0 Å². The molecule has 3 heteroatoms. The van der Waals surface area contributed by atoms with Crippen molar-refractivity contribution in [2.24, 2.45) is 0 Å². The van der Waals surface area contributed by atoms with Crippen molar-refractivity contribution < 1.29 is 0 Å². The number of pyridine rings is 1. The summed E-state index contributed by atoms with van der Waals surface area (Å²) in [7, 11) is 0. The smallest absolute Gasteiger partial charge is 0.0601 e. The first-order valence-electron chi connectivity index (χ1n) is 2.48. The molecule has 0 aromatic carbocycles. The van der Waals surface area contributed by atoms with Gasteiger partial charge in [0.1, 0.15) is 0 Å². The molecule has 0 spiro atoms. The van der Waals surface area contributed by atoms with Crippen LogP contribution in [-0.4, -0.2) is 4.98 Å². The van der Waals surface area contributed by atoms with Gasteiger partial charge in [-0.2, -0.15) is 0 Å². The Labute approximate surface area is 54.5 Å². The van der Waals surface area contributed by atoms with Gasteiger partial charge in [-0.25, -0.2) is 0 Å². The lowest BCUT2D eigenvalue weighted by atomic mass is 10.3. The third-order valence-corrected chi connectivity index (χ3v) is 1.05. The van der Waals surface area contributed by atoms with Gasteiger partial charge in [0.25, 0.3) is 0 Å². The van der Waals surface area contributed by atoms with E-state index >= 15 is 0 Å². The van der Waals surface area contributed by atoms with Crippen molar-refractivity contribution >= 4 is 5.69 Å². The average molecular weight is 125 g/mol. The fourth-order valence-corrected chi connectivity index (χ4v) is 0.497. The van der Waals surface area contributed by atoms with Crippen LogP contribution in [0.5, 0.6) is 0 Å². The normalized spacial score (nSPS) is 8.11. The van der Waals surface area contributed by atoms with E-state index in [1.165, 1.54) is 0 Å². The van der Waals surface area contributed by atoms with Gasteiger partial charge in [-0.05, 0) is 19.1 Å². The molecular weight excluding hydrogens is 114 g/mol. The number of hydrogen-bond acceptors (Lipinski definition) is 3. The molecular formula is C6H11N3. The van der Waals surface area contributed by atoms with E-state index in [4.69, 9.17) is 5.73 Å². The van der Waals surface area contributed by atoms with Gasteiger partial charge < -0.3 is 11.9 Å². The van der Waals surface area contributed by atoms with Crippen LogP contribution < -0.4 is 11.9 Å². The summed E-state index contributed by atoms with van der Waals surface area (Å²) in [4.78, 5) is 3.95. The molecule has 1 heterocycles. The van der Waals surface area contributed by atoms with Gasteiger partial charge in [0.15, 0.2) is 0 Å². The number of nitrogen functional groups attached to an aromatic ring is 1. The molecule has 0 bridgehead atoms. The molecule has 0 fully saturated rings. The zero-order valence-electron chi connectivity index (χ0n) is 5.46. The van der Waals surface area contributed by atoms with Crippen LogP contribution in [-0.2, 0) is 0 Å². The second-order valence-electron chi connectivity index (χ2n) is 1.68. The van der Waals surface area contributed by atoms with Crippen molar-refractivity contribution in [1.29, 1.82) is 0 Å². The molecule has 0 radical (unpaired) electrons. The predicted molar refractivity (Wildman–Crippen MR) is 38.4 cm³/mol. The zero-order chi connectivity index (χ0) is 5.98. The second-order valence-corrected chi connectivity index (χ2v) is 1.68. The maximum atomic E-state index is 5.46. The molecule has 3 nitrogen and oxygen atoms in total. The third kappa shape index (κ3) is 1.70. The summed E-state index contributed by atoms with van der Waals surface area (Å²) < 4.78 is 0. The number of nitrogens with two attached hydrogens (primary N) is 1. The van der Waals surface area contributed by atoms with Gasteiger partial charge in [-0.3, -0.25) is 4.98 Å². The predicted octanol–water partition coefficient (Wildman–Crippen LogP) is 1.13. The first-order chi connectivity index (χ1) is 3.80. The summed E-state index contributed by atoms with van der Waals surface area (Å²) >= 11 is 0. The van der Waals surface area contributed by atoms with Crippen molar-refractivity contribution in [1.82, 2.24) is 11.1 Å². The summed E-state index contributed by atoms with van der Waals surface area (Å²) in [6.07, 6.45) is 1.73. The molecule has 0 aliphatic heterocycles. The van der Waals surface area contributed by atoms with E-state index in [9.17, 15) is 0 Å². The lowest BCUT2D eigenvalue weighted by molar-refractivity contribution is 1.21. The molecule has 5 N–H and O–H groups in total. The molecule has 9 heavy (non-hydrogen) atoms. The molecule has 50 valence electrons. The Bertz CT molecular complexity index is 164.